The fourth-order valence-electron chi connectivity index (χ4n) is 1.94. The zero-order valence-corrected chi connectivity index (χ0v) is 12.9. The van der Waals surface area contributed by atoms with Gasteiger partial charge < -0.3 is 5.11 Å². The number of rotatable bonds is 5. The summed E-state index contributed by atoms with van der Waals surface area (Å²) in [6.07, 6.45) is 1.19. The fourth-order valence-corrected chi connectivity index (χ4v) is 1.94. The minimum Gasteiger partial charge on any atom is -0.507 e. The maximum Gasteiger partial charge on any atom is 0.277 e. The molecule has 0 spiro atoms. The summed E-state index contributed by atoms with van der Waals surface area (Å²) < 4.78 is 0. The van der Waals surface area contributed by atoms with Gasteiger partial charge in [-0.15, -0.1) is 0 Å². The number of amides is 1. The zero-order valence-electron chi connectivity index (χ0n) is 12.9. The third-order valence-electron chi connectivity index (χ3n) is 3.14. The van der Waals surface area contributed by atoms with Gasteiger partial charge in [0.15, 0.2) is 0 Å². The number of benzene rings is 2. The Morgan fingerprint density at radius 3 is 2.28 bits per heavy atom. The average molecular weight is 344 g/mol. The van der Waals surface area contributed by atoms with E-state index in [1.165, 1.54) is 12.3 Å². The molecule has 2 aromatic rings. The molecule has 2 aromatic carbocycles. The molecule has 0 saturated heterocycles. The highest BCUT2D eigenvalue weighted by Crippen LogP contribution is 2.22. The quantitative estimate of drug-likeness (QED) is 0.483. The number of carbonyl (C=O) groups is 1. The van der Waals surface area contributed by atoms with E-state index in [9.17, 15) is 30.1 Å². The van der Waals surface area contributed by atoms with Crippen molar-refractivity contribution in [2.24, 2.45) is 5.10 Å². The Hall–Kier alpha value is -3.82. The lowest BCUT2D eigenvalue weighted by Gasteiger charge is -2.02. The summed E-state index contributed by atoms with van der Waals surface area (Å²) in [6, 6.07) is 7.34. The van der Waals surface area contributed by atoms with Gasteiger partial charge in [-0.2, -0.15) is 5.10 Å². The van der Waals surface area contributed by atoms with Crippen LogP contribution in [-0.2, 0) is 0 Å². The Morgan fingerprint density at radius 2 is 1.72 bits per heavy atom. The fraction of sp³-hybridized carbons (Fsp3) is 0.0667. The molecular formula is C15H12N4O6. The Balaban J connectivity index is 2.23. The second-order valence-corrected chi connectivity index (χ2v) is 5.01. The summed E-state index contributed by atoms with van der Waals surface area (Å²) in [6.45, 7) is 1.80. The Kier molecular flexibility index (Phi) is 5.03. The Labute approximate surface area is 140 Å². The monoisotopic (exact) mass is 344 g/mol. The first-order valence-corrected chi connectivity index (χ1v) is 6.85. The summed E-state index contributed by atoms with van der Waals surface area (Å²) in [5.74, 6) is -0.912. The van der Waals surface area contributed by atoms with E-state index in [4.69, 9.17) is 0 Å². The molecular weight excluding hydrogens is 332 g/mol. The number of hydrogen-bond donors (Lipinski definition) is 2. The molecule has 0 unspecified atom stereocenters. The van der Waals surface area contributed by atoms with Gasteiger partial charge in [0.25, 0.3) is 17.3 Å². The van der Waals surface area contributed by atoms with E-state index in [0.29, 0.717) is 5.56 Å². The number of nitro benzene ring substituents is 2. The third kappa shape index (κ3) is 4.34. The van der Waals surface area contributed by atoms with Gasteiger partial charge in [0.1, 0.15) is 5.75 Å². The molecule has 2 rings (SSSR count). The van der Waals surface area contributed by atoms with Crippen molar-refractivity contribution < 1.29 is 19.7 Å². The molecule has 10 nitrogen and oxygen atoms in total. The maximum absolute atomic E-state index is 12.0. The van der Waals surface area contributed by atoms with Crippen molar-refractivity contribution in [2.45, 2.75) is 6.92 Å². The second-order valence-electron chi connectivity index (χ2n) is 5.01. The van der Waals surface area contributed by atoms with E-state index in [1.54, 1.807) is 19.1 Å². The van der Waals surface area contributed by atoms with Crippen molar-refractivity contribution in [2.75, 3.05) is 0 Å². The predicted molar refractivity (Wildman–Crippen MR) is 87.7 cm³/mol. The van der Waals surface area contributed by atoms with Gasteiger partial charge in [0.05, 0.1) is 27.7 Å². The van der Waals surface area contributed by atoms with Crippen molar-refractivity contribution in [3.8, 4) is 5.75 Å². The minimum absolute atomic E-state index is 0.0467. The molecule has 1 amide bonds. The third-order valence-corrected chi connectivity index (χ3v) is 3.14. The van der Waals surface area contributed by atoms with E-state index < -0.39 is 27.1 Å². The molecule has 10 heteroatoms. The molecule has 0 heterocycles. The van der Waals surface area contributed by atoms with Gasteiger partial charge >= 0.3 is 0 Å². The van der Waals surface area contributed by atoms with Crippen LogP contribution in [0.1, 0.15) is 21.5 Å². The van der Waals surface area contributed by atoms with Crippen LogP contribution < -0.4 is 5.43 Å². The molecule has 25 heavy (non-hydrogen) atoms. The summed E-state index contributed by atoms with van der Waals surface area (Å²) in [5.41, 5.74) is 1.86. The van der Waals surface area contributed by atoms with Crippen molar-refractivity contribution >= 4 is 23.5 Å². The number of aromatic hydroxyl groups is 1. The smallest absolute Gasteiger partial charge is 0.277 e. The topological polar surface area (TPSA) is 148 Å². The molecule has 0 fully saturated rings. The van der Waals surface area contributed by atoms with Crippen LogP contribution in [0.15, 0.2) is 41.5 Å². The van der Waals surface area contributed by atoms with Crippen LogP contribution in [0.2, 0.25) is 0 Å². The van der Waals surface area contributed by atoms with E-state index in [-0.39, 0.29) is 11.3 Å². The lowest BCUT2D eigenvalue weighted by molar-refractivity contribution is -0.394. The highest BCUT2D eigenvalue weighted by molar-refractivity contribution is 5.96. The van der Waals surface area contributed by atoms with Crippen LogP contribution in [0.4, 0.5) is 11.4 Å². The number of hydrazone groups is 1. The molecule has 0 aliphatic carbocycles. The number of aryl methyl sites for hydroxylation is 1. The van der Waals surface area contributed by atoms with Gasteiger partial charge in [-0.1, -0.05) is 11.6 Å². The van der Waals surface area contributed by atoms with E-state index in [0.717, 1.165) is 23.8 Å². The van der Waals surface area contributed by atoms with Crippen molar-refractivity contribution in [3.63, 3.8) is 0 Å². The molecule has 0 aliphatic rings. The standard InChI is InChI=1S/C15H12N4O6/c1-9-2-3-14(20)11(4-9)8-16-17-15(21)10-5-12(18(22)23)7-13(6-10)19(24)25/h2-8,20H,1H3,(H,17,21)/b16-8+. The number of nitrogens with one attached hydrogen (secondary N) is 1. The SMILES string of the molecule is Cc1ccc(O)c(/C=N/NC(=O)c2cc([N+](=O)[O-])cc([N+](=O)[O-])c2)c1. The molecule has 128 valence electrons. The van der Waals surface area contributed by atoms with Gasteiger partial charge in [-0.05, 0) is 19.1 Å². The van der Waals surface area contributed by atoms with Crippen LogP contribution in [-0.4, -0.2) is 27.1 Å². The molecule has 0 atom stereocenters. The van der Waals surface area contributed by atoms with E-state index >= 15 is 0 Å². The van der Waals surface area contributed by atoms with Crippen molar-refractivity contribution in [1.82, 2.24) is 5.43 Å². The van der Waals surface area contributed by atoms with Crippen LogP contribution in [0, 0.1) is 27.2 Å². The Morgan fingerprint density at radius 1 is 1.12 bits per heavy atom. The van der Waals surface area contributed by atoms with Crippen molar-refractivity contribution in [3.05, 3.63) is 73.3 Å². The summed E-state index contributed by atoms with van der Waals surface area (Å²) in [7, 11) is 0. The zero-order chi connectivity index (χ0) is 18.6. The summed E-state index contributed by atoms with van der Waals surface area (Å²) in [4.78, 5) is 32.0. The summed E-state index contributed by atoms with van der Waals surface area (Å²) >= 11 is 0. The highest BCUT2D eigenvalue weighted by Gasteiger charge is 2.19. The molecule has 2 N–H and O–H groups in total. The Bertz CT molecular complexity index is 861. The second kappa shape index (κ2) is 7.17. The largest absolute Gasteiger partial charge is 0.507 e. The lowest BCUT2D eigenvalue weighted by Crippen LogP contribution is -2.18. The number of phenolic OH excluding ortho intramolecular Hbond substituents is 1. The van der Waals surface area contributed by atoms with Gasteiger partial charge in [-0.25, -0.2) is 5.43 Å². The van der Waals surface area contributed by atoms with Gasteiger partial charge in [0, 0.05) is 17.7 Å². The molecule has 0 aromatic heterocycles. The number of hydrogen-bond acceptors (Lipinski definition) is 7. The number of nitro groups is 2. The van der Waals surface area contributed by atoms with E-state index in [1.807, 2.05) is 0 Å². The maximum atomic E-state index is 12.0. The number of non-ortho nitro benzene ring substituents is 2. The van der Waals surface area contributed by atoms with E-state index in [2.05, 4.69) is 10.5 Å². The van der Waals surface area contributed by atoms with Crippen LogP contribution in [0.3, 0.4) is 0 Å². The number of carbonyl (C=O) groups excluding carboxylic acids is 1. The highest BCUT2D eigenvalue weighted by atomic mass is 16.6. The molecule has 0 aliphatic heterocycles. The number of nitrogens with zero attached hydrogens (tertiary/aromatic N) is 3. The first-order chi connectivity index (χ1) is 11.8. The molecule has 0 radical (unpaired) electrons. The number of phenols is 1. The van der Waals surface area contributed by atoms with Crippen LogP contribution >= 0.6 is 0 Å². The first kappa shape index (κ1) is 17.5. The molecule has 0 bridgehead atoms. The molecule has 0 saturated carbocycles. The lowest BCUT2D eigenvalue weighted by atomic mass is 10.1. The summed E-state index contributed by atoms with van der Waals surface area (Å²) in [5, 5.41) is 34.9. The van der Waals surface area contributed by atoms with Crippen LogP contribution in [0.5, 0.6) is 5.75 Å². The van der Waals surface area contributed by atoms with Crippen molar-refractivity contribution in [1.29, 1.82) is 0 Å². The predicted octanol–water partition coefficient (Wildman–Crippen LogP) is 2.28. The minimum atomic E-state index is -0.866. The van der Waals surface area contributed by atoms with Gasteiger partial charge in [0.2, 0.25) is 0 Å². The average Bonchev–Trinajstić information content (AvgIpc) is 2.57. The van der Waals surface area contributed by atoms with Crippen LogP contribution in [0.25, 0.3) is 0 Å². The first-order valence-electron chi connectivity index (χ1n) is 6.85. The van der Waals surface area contributed by atoms with Gasteiger partial charge in [-0.3, -0.25) is 25.0 Å². The normalized spacial score (nSPS) is 10.6.